The maximum atomic E-state index is 11.8. The van der Waals surface area contributed by atoms with Gasteiger partial charge in [0, 0.05) is 0 Å². The molecule has 0 aromatic heterocycles. The summed E-state index contributed by atoms with van der Waals surface area (Å²) in [6.45, 7) is 0.117. The molecule has 6 nitrogen and oxygen atoms in total. The minimum Gasteiger partial charge on any atom is -0.496 e. The number of rotatable bonds is 5. The molecule has 0 radical (unpaired) electrons. The number of carbonyl (C=O) groups excluding carboxylic acids is 1. The van der Waals surface area contributed by atoms with E-state index in [1.54, 1.807) is 0 Å². The molecule has 0 saturated carbocycles. The summed E-state index contributed by atoms with van der Waals surface area (Å²) in [6, 6.07) is 12.2. The van der Waals surface area contributed by atoms with Crippen LogP contribution in [0.15, 0.2) is 46.9 Å². The minimum atomic E-state index is -1.17. The highest BCUT2D eigenvalue weighted by Gasteiger charge is 2.19. The van der Waals surface area contributed by atoms with Crippen molar-refractivity contribution in [2.24, 2.45) is 0 Å². The Morgan fingerprint density at radius 3 is 2.48 bits per heavy atom. The number of benzene rings is 2. The number of methoxy groups -OCH3 is 1. The van der Waals surface area contributed by atoms with Gasteiger partial charge in [0.15, 0.2) is 0 Å². The summed E-state index contributed by atoms with van der Waals surface area (Å²) in [5, 5.41) is 11.7. The second-order valence-electron chi connectivity index (χ2n) is 4.50. The van der Waals surface area contributed by atoms with Crippen molar-refractivity contribution in [2.45, 2.75) is 6.61 Å². The monoisotopic (exact) mass is 379 g/mol. The first kappa shape index (κ1) is 16.8. The molecule has 0 spiro atoms. The molecule has 0 fully saturated rings. The van der Waals surface area contributed by atoms with Crippen molar-refractivity contribution >= 4 is 33.7 Å². The number of anilines is 1. The lowest BCUT2D eigenvalue weighted by atomic mass is 10.2. The van der Waals surface area contributed by atoms with Crippen LogP contribution in [0.3, 0.4) is 0 Å². The Labute approximate surface area is 141 Å². The van der Waals surface area contributed by atoms with E-state index in [2.05, 4.69) is 21.2 Å². The van der Waals surface area contributed by atoms with Crippen LogP contribution < -0.4 is 10.1 Å². The van der Waals surface area contributed by atoms with Gasteiger partial charge in [-0.2, -0.15) is 0 Å². The van der Waals surface area contributed by atoms with Crippen molar-refractivity contribution in [1.29, 1.82) is 0 Å². The summed E-state index contributed by atoms with van der Waals surface area (Å²) in [6.07, 6.45) is -0.684. The Hall–Kier alpha value is -2.54. The lowest BCUT2D eigenvalue weighted by Gasteiger charge is -2.12. The number of ether oxygens (including phenoxy) is 2. The Kier molecular flexibility index (Phi) is 5.59. The lowest BCUT2D eigenvalue weighted by Crippen LogP contribution is -2.15. The number of hydrogen-bond donors (Lipinski definition) is 2. The molecule has 120 valence electrons. The highest BCUT2D eigenvalue weighted by atomic mass is 79.9. The fourth-order valence-electron chi connectivity index (χ4n) is 1.89. The predicted molar refractivity (Wildman–Crippen MR) is 87.9 cm³/mol. The predicted octanol–water partition coefficient (Wildman–Crippen LogP) is 3.90. The standard InChI is InChI=1S/C16H14BrNO5/c1-22-12-8-7-11(14(17)13(12)15(19)20)18-16(21)23-9-10-5-3-2-4-6-10/h2-8H,9H2,1H3,(H,18,21)(H,19,20). The molecule has 0 aliphatic heterocycles. The first-order valence-corrected chi connectivity index (χ1v) is 7.39. The number of carboxylic acid groups (broad SMARTS) is 1. The van der Waals surface area contributed by atoms with Gasteiger partial charge in [0.25, 0.3) is 0 Å². The Morgan fingerprint density at radius 2 is 1.87 bits per heavy atom. The van der Waals surface area contributed by atoms with Crippen molar-refractivity contribution in [1.82, 2.24) is 0 Å². The normalized spacial score (nSPS) is 10.0. The fourth-order valence-corrected chi connectivity index (χ4v) is 2.49. The van der Waals surface area contributed by atoms with Crippen LogP contribution in [0.5, 0.6) is 5.75 Å². The van der Waals surface area contributed by atoms with Gasteiger partial charge in [0.1, 0.15) is 17.9 Å². The van der Waals surface area contributed by atoms with Crippen molar-refractivity contribution in [2.75, 3.05) is 12.4 Å². The van der Waals surface area contributed by atoms with E-state index in [1.807, 2.05) is 30.3 Å². The van der Waals surface area contributed by atoms with Crippen molar-refractivity contribution in [3.05, 3.63) is 58.1 Å². The number of carbonyl (C=O) groups is 2. The van der Waals surface area contributed by atoms with E-state index in [1.165, 1.54) is 19.2 Å². The quantitative estimate of drug-likeness (QED) is 0.822. The molecule has 0 saturated heterocycles. The van der Waals surface area contributed by atoms with E-state index in [9.17, 15) is 14.7 Å². The van der Waals surface area contributed by atoms with Crippen LogP contribution in [-0.4, -0.2) is 24.3 Å². The summed E-state index contributed by atoms with van der Waals surface area (Å²) >= 11 is 3.17. The van der Waals surface area contributed by atoms with Gasteiger partial charge in [-0.15, -0.1) is 0 Å². The van der Waals surface area contributed by atoms with E-state index >= 15 is 0 Å². The number of carboxylic acids is 1. The molecule has 0 unspecified atom stereocenters. The molecule has 2 aromatic rings. The number of hydrogen-bond acceptors (Lipinski definition) is 4. The number of nitrogens with one attached hydrogen (secondary N) is 1. The van der Waals surface area contributed by atoms with E-state index in [0.29, 0.717) is 0 Å². The first-order chi connectivity index (χ1) is 11.0. The number of halogens is 1. The van der Waals surface area contributed by atoms with Gasteiger partial charge in [-0.3, -0.25) is 5.32 Å². The van der Waals surface area contributed by atoms with Crippen molar-refractivity contribution in [3.63, 3.8) is 0 Å². The van der Waals surface area contributed by atoms with Crippen LogP contribution >= 0.6 is 15.9 Å². The van der Waals surface area contributed by atoms with E-state index < -0.39 is 12.1 Å². The average Bonchev–Trinajstić information content (AvgIpc) is 2.55. The van der Waals surface area contributed by atoms with Crippen LogP contribution in [0, 0.1) is 0 Å². The third-order valence-corrected chi connectivity index (χ3v) is 3.81. The van der Waals surface area contributed by atoms with Crippen LogP contribution in [0.4, 0.5) is 10.5 Å². The topological polar surface area (TPSA) is 84.9 Å². The highest BCUT2D eigenvalue weighted by Crippen LogP contribution is 2.33. The fraction of sp³-hybridized carbons (Fsp3) is 0.125. The zero-order valence-corrected chi connectivity index (χ0v) is 13.8. The van der Waals surface area contributed by atoms with Gasteiger partial charge >= 0.3 is 12.1 Å². The number of aromatic carboxylic acids is 1. The van der Waals surface area contributed by atoms with Gasteiger partial charge in [-0.1, -0.05) is 30.3 Å². The van der Waals surface area contributed by atoms with Gasteiger partial charge in [-0.05, 0) is 33.6 Å². The Morgan fingerprint density at radius 1 is 1.17 bits per heavy atom. The third-order valence-electron chi connectivity index (χ3n) is 2.99. The SMILES string of the molecule is COc1ccc(NC(=O)OCc2ccccc2)c(Br)c1C(=O)O. The molecular formula is C16H14BrNO5. The van der Waals surface area contributed by atoms with Crippen LogP contribution in [-0.2, 0) is 11.3 Å². The first-order valence-electron chi connectivity index (χ1n) is 6.60. The second-order valence-corrected chi connectivity index (χ2v) is 5.29. The summed E-state index contributed by atoms with van der Waals surface area (Å²) in [5.41, 5.74) is 1.05. The van der Waals surface area contributed by atoms with Gasteiger partial charge in [0.05, 0.1) is 17.3 Å². The van der Waals surface area contributed by atoms with E-state index in [-0.39, 0.29) is 28.1 Å². The molecule has 0 aliphatic rings. The molecule has 2 N–H and O–H groups in total. The molecule has 0 aliphatic carbocycles. The Bertz CT molecular complexity index is 718. The molecule has 0 heterocycles. The molecule has 1 amide bonds. The summed E-state index contributed by atoms with van der Waals surface area (Å²) in [7, 11) is 1.37. The summed E-state index contributed by atoms with van der Waals surface area (Å²) < 4.78 is 10.3. The highest BCUT2D eigenvalue weighted by molar-refractivity contribution is 9.10. The molecule has 0 atom stereocenters. The van der Waals surface area contributed by atoms with Gasteiger partial charge in [0.2, 0.25) is 0 Å². The largest absolute Gasteiger partial charge is 0.496 e. The van der Waals surface area contributed by atoms with Crippen LogP contribution in [0.2, 0.25) is 0 Å². The second kappa shape index (κ2) is 7.64. The summed E-state index contributed by atoms with van der Waals surface area (Å²) in [4.78, 5) is 23.1. The maximum absolute atomic E-state index is 11.8. The van der Waals surface area contributed by atoms with E-state index in [0.717, 1.165) is 5.56 Å². The van der Waals surface area contributed by atoms with Gasteiger partial charge in [-0.25, -0.2) is 9.59 Å². The molecule has 7 heteroatoms. The van der Waals surface area contributed by atoms with Gasteiger partial charge < -0.3 is 14.6 Å². The van der Waals surface area contributed by atoms with Crippen molar-refractivity contribution < 1.29 is 24.2 Å². The minimum absolute atomic E-state index is 0.0756. The van der Waals surface area contributed by atoms with Crippen molar-refractivity contribution in [3.8, 4) is 5.75 Å². The molecule has 0 bridgehead atoms. The van der Waals surface area contributed by atoms with Crippen LogP contribution in [0.25, 0.3) is 0 Å². The smallest absolute Gasteiger partial charge is 0.411 e. The molecular weight excluding hydrogens is 366 g/mol. The zero-order valence-electron chi connectivity index (χ0n) is 12.2. The molecule has 2 aromatic carbocycles. The van der Waals surface area contributed by atoms with E-state index in [4.69, 9.17) is 9.47 Å². The average molecular weight is 380 g/mol. The zero-order chi connectivity index (χ0) is 16.8. The lowest BCUT2D eigenvalue weighted by molar-refractivity contribution is 0.0692. The summed E-state index contributed by atoms with van der Waals surface area (Å²) in [5.74, 6) is -0.984. The third kappa shape index (κ3) is 4.23. The maximum Gasteiger partial charge on any atom is 0.411 e. The van der Waals surface area contributed by atoms with Crippen LogP contribution in [0.1, 0.15) is 15.9 Å². The number of amides is 1. The Balaban J connectivity index is 2.09. The molecule has 2 rings (SSSR count). The molecule has 23 heavy (non-hydrogen) atoms.